The monoisotopic (exact) mass is 288 g/mol. The van der Waals surface area contributed by atoms with Gasteiger partial charge < -0.3 is 10.6 Å². The molecule has 1 aliphatic carbocycles. The number of nitrogens with zero attached hydrogens (tertiary/aromatic N) is 1. The van der Waals surface area contributed by atoms with Crippen LogP contribution in [0.2, 0.25) is 0 Å². The van der Waals surface area contributed by atoms with Crippen LogP contribution in [0.25, 0.3) is 0 Å². The third-order valence-electron chi connectivity index (χ3n) is 4.69. The lowest BCUT2D eigenvalue weighted by molar-refractivity contribution is -0.135. The molecule has 1 saturated carbocycles. The molecule has 2 N–H and O–H groups in total. The summed E-state index contributed by atoms with van der Waals surface area (Å²) in [6.45, 7) is 5.62. The van der Waals surface area contributed by atoms with Crippen molar-refractivity contribution in [2.24, 2.45) is 17.6 Å². The van der Waals surface area contributed by atoms with Gasteiger partial charge in [0.1, 0.15) is 0 Å². The van der Waals surface area contributed by atoms with E-state index in [9.17, 15) is 4.79 Å². The molecule has 2 atom stereocenters. The maximum Gasteiger partial charge on any atom is 0.223 e. The Hall–Kier alpha value is -1.35. The molecule has 2 rings (SSSR count). The van der Waals surface area contributed by atoms with Gasteiger partial charge in [-0.15, -0.1) is 0 Å². The molecule has 0 saturated heterocycles. The summed E-state index contributed by atoms with van der Waals surface area (Å²) in [6, 6.07) is 10.6. The van der Waals surface area contributed by atoms with Gasteiger partial charge in [0.15, 0.2) is 0 Å². The lowest BCUT2D eigenvalue weighted by Crippen LogP contribution is -2.40. The van der Waals surface area contributed by atoms with Crippen molar-refractivity contribution in [1.82, 2.24) is 4.90 Å². The Bertz CT molecular complexity index is 438. The standard InChI is InChI=1S/C18H28N2O/c1-3-15(12-19)11-18(21)20(14(2)17-9-10-17)13-16-7-5-4-6-8-16/h4-8,14-15,17H,3,9-13,19H2,1-2H3. The van der Waals surface area contributed by atoms with Gasteiger partial charge in [-0.1, -0.05) is 43.7 Å². The summed E-state index contributed by atoms with van der Waals surface area (Å²) in [5.41, 5.74) is 6.97. The van der Waals surface area contributed by atoms with E-state index >= 15 is 0 Å². The van der Waals surface area contributed by atoms with Gasteiger partial charge in [0, 0.05) is 19.0 Å². The first-order valence-electron chi connectivity index (χ1n) is 8.19. The normalized spacial score (nSPS) is 17.3. The molecule has 1 aromatic rings. The Kier molecular flexibility index (Phi) is 5.80. The molecule has 0 heterocycles. The molecule has 3 nitrogen and oxygen atoms in total. The first-order valence-corrected chi connectivity index (χ1v) is 8.19. The summed E-state index contributed by atoms with van der Waals surface area (Å²) in [5, 5.41) is 0. The van der Waals surface area contributed by atoms with Crippen molar-refractivity contribution >= 4 is 5.91 Å². The lowest BCUT2D eigenvalue weighted by Gasteiger charge is -2.31. The number of carbonyl (C=O) groups excluding carboxylic acids is 1. The highest BCUT2D eigenvalue weighted by atomic mass is 16.2. The number of hydrogen-bond donors (Lipinski definition) is 1. The molecule has 1 amide bonds. The van der Waals surface area contributed by atoms with Crippen molar-refractivity contribution in [3.8, 4) is 0 Å². The largest absolute Gasteiger partial charge is 0.335 e. The molecule has 0 bridgehead atoms. The van der Waals surface area contributed by atoms with Gasteiger partial charge in [-0.3, -0.25) is 4.79 Å². The van der Waals surface area contributed by atoms with E-state index in [2.05, 4.69) is 30.9 Å². The van der Waals surface area contributed by atoms with Gasteiger partial charge in [0.25, 0.3) is 0 Å². The molecule has 1 aliphatic rings. The molecule has 0 spiro atoms. The van der Waals surface area contributed by atoms with Crippen LogP contribution in [0, 0.1) is 11.8 Å². The molecule has 21 heavy (non-hydrogen) atoms. The van der Waals surface area contributed by atoms with Gasteiger partial charge in [0.05, 0.1) is 0 Å². The van der Waals surface area contributed by atoms with E-state index < -0.39 is 0 Å². The lowest BCUT2D eigenvalue weighted by atomic mass is 10.0. The summed E-state index contributed by atoms with van der Waals surface area (Å²) in [7, 11) is 0. The Morgan fingerprint density at radius 1 is 1.33 bits per heavy atom. The SMILES string of the molecule is CCC(CN)CC(=O)N(Cc1ccccc1)C(C)C1CC1. The van der Waals surface area contributed by atoms with Crippen molar-refractivity contribution in [2.45, 2.75) is 52.1 Å². The number of nitrogens with two attached hydrogens (primary N) is 1. The van der Waals surface area contributed by atoms with Crippen LogP contribution in [0.3, 0.4) is 0 Å². The predicted octanol–water partition coefficient (Wildman–Crippen LogP) is 3.19. The second-order valence-electron chi connectivity index (χ2n) is 6.30. The Labute approximate surface area is 128 Å². The second kappa shape index (κ2) is 7.60. The highest BCUT2D eigenvalue weighted by Gasteiger charge is 2.34. The van der Waals surface area contributed by atoms with Crippen LogP contribution in [-0.4, -0.2) is 23.4 Å². The zero-order chi connectivity index (χ0) is 15.2. The van der Waals surface area contributed by atoms with E-state index in [1.165, 1.54) is 18.4 Å². The fourth-order valence-corrected chi connectivity index (χ4v) is 2.83. The number of carbonyl (C=O) groups is 1. The minimum Gasteiger partial charge on any atom is -0.335 e. The minimum absolute atomic E-state index is 0.260. The Balaban J connectivity index is 2.06. The highest BCUT2D eigenvalue weighted by Crippen LogP contribution is 2.36. The van der Waals surface area contributed by atoms with E-state index in [-0.39, 0.29) is 5.91 Å². The summed E-state index contributed by atoms with van der Waals surface area (Å²) in [4.78, 5) is 14.8. The number of amides is 1. The zero-order valence-electron chi connectivity index (χ0n) is 13.3. The molecule has 2 unspecified atom stereocenters. The van der Waals surface area contributed by atoms with Gasteiger partial charge in [-0.2, -0.15) is 0 Å². The maximum atomic E-state index is 12.7. The van der Waals surface area contributed by atoms with Crippen molar-refractivity contribution in [3.05, 3.63) is 35.9 Å². The van der Waals surface area contributed by atoms with Gasteiger partial charge in [-0.25, -0.2) is 0 Å². The van der Waals surface area contributed by atoms with Crippen LogP contribution in [0.1, 0.15) is 45.1 Å². The summed E-state index contributed by atoms with van der Waals surface area (Å²) < 4.78 is 0. The predicted molar refractivity (Wildman–Crippen MR) is 86.6 cm³/mol. The number of rotatable bonds is 8. The molecule has 0 radical (unpaired) electrons. The Morgan fingerprint density at radius 2 is 2.00 bits per heavy atom. The van der Waals surface area contributed by atoms with E-state index in [1.807, 2.05) is 18.2 Å². The molecular weight excluding hydrogens is 260 g/mol. The summed E-state index contributed by atoms with van der Waals surface area (Å²) in [6.07, 6.45) is 4.07. The quantitative estimate of drug-likeness (QED) is 0.798. The first-order chi connectivity index (χ1) is 10.2. The third-order valence-corrected chi connectivity index (χ3v) is 4.69. The van der Waals surface area contributed by atoms with Crippen molar-refractivity contribution < 1.29 is 4.79 Å². The van der Waals surface area contributed by atoms with E-state index in [4.69, 9.17) is 5.73 Å². The summed E-state index contributed by atoms with van der Waals surface area (Å²) >= 11 is 0. The van der Waals surface area contributed by atoms with Crippen LogP contribution < -0.4 is 5.73 Å². The minimum atomic E-state index is 0.260. The Morgan fingerprint density at radius 3 is 2.52 bits per heavy atom. The van der Waals surface area contributed by atoms with E-state index in [0.717, 1.165) is 13.0 Å². The van der Waals surface area contributed by atoms with E-state index in [0.29, 0.717) is 30.8 Å². The van der Waals surface area contributed by atoms with E-state index in [1.54, 1.807) is 0 Å². The van der Waals surface area contributed by atoms with Crippen molar-refractivity contribution in [3.63, 3.8) is 0 Å². The topological polar surface area (TPSA) is 46.3 Å². The van der Waals surface area contributed by atoms with Crippen LogP contribution in [-0.2, 0) is 11.3 Å². The molecule has 1 aromatic carbocycles. The van der Waals surface area contributed by atoms with Crippen molar-refractivity contribution in [2.75, 3.05) is 6.54 Å². The molecular formula is C18H28N2O. The van der Waals surface area contributed by atoms with Gasteiger partial charge >= 0.3 is 0 Å². The molecule has 116 valence electrons. The molecule has 0 aliphatic heterocycles. The third kappa shape index (κ3) is 4.57. The molecule has 0 aromatic heterocycles. The smallest absolute Gasteiger partial charge is 0.223 e. The van der Waals surface area contributed by atoms with Crippen LogP contribution in [0.5, 0.6) is 0 Å². The van der Waals surface area contributed by atoms with Crippen LogP contribution in [0.15, 0.2) is 30.3 Å². The second-order valence-corrected chi connectivity index (χ2v) is 6.30. The average molecular weight is 288 g/mol. The van der Waals surface area contributed by atoms with Crippen molar-refractivity contribution in [1.29, 1.82) is 0 Å². The fourth-order valence-electron chi connectivity index (χ4n) is 2.83. The van der Waals surface area contributed by atoms with Gasteiger partial charge in [-0.05, 0) is 43.7 Å². The number of hydrogen-bond acceptors (Lipinski definition) is 2. The van der Waals surface area contributed by atoms with Gasteiger partial charge in [0.2, 0.25) is 5.91 Å². The number of benzene rings is 1. The molecule has 1 fully saturated rings. The first kappa shape index (κ1) is 16.0. The fraction of sp³-hybridized carbons (Fsp3) is 0.611. The zero-order valence-corrected chi connectivity index (χ0v) is 13.3. The highest BCUT2D eigenvalue weighted by molar-refractivity contribution is 5.77. The summed E-state index contributed by atoms with van der Waals surface area (Å²) in [5.74, 6) is 1.26. The van der Waals surface area contributed by atoms with Crippen LogP contribution >= 0.6 is 0 Å². The van der Waals surface area contributed by atoms with Crippen LogP contribution in [0.4, 0.5) is 0 Å². The average Bonchev–Trinajstić information content (AvgIpc) is 3.35. The maximum absolute atomic E-state index is 12.7. The molecule has 3 heteroatoms.